The minimum atomic E-state index is 0. The zero-order chi connectivity index (χ0) is 19.6. The predicted molar refractivity (Wildman–Crippen MR) is 117 cm³/mol. The second-order valence-corrected chi connectivity index (χ2v) is 8.72. The average molecular weight is 418 g/mol. The Morgan fingerprint density at radius 3 is 2.69 bits per heavy atom. The van der Waals surface area contributed by atoms with Gasteiger partial charge in [0.15, 0.2) is 5.69 Å². The van der Waals surface area contributed by atoms with Gasteiger partial charge in [-0.1, -0.05) is 42.5 Å². The van der Waals surface area contributed by atoms with Gasteiger partial charge in [0.05, 0.1) is 11.7 Å². The van der Waals surface area contributed by atoms with Crippen LogP contribution < -0.4 is 5.32 Å². The Bertz CT molecular complexity index is 818. The van der Waals surface area contributed by atoms with E-state index in [0.717, 1.165) is 64.0 Å². The molecule has 2 aliphatic heterocycles. The number of hydrogen-bond acceptors (Lipinski definition) is 4. The normalized spacial score (nSPS) is 22.5. The Kier molecular flexibility index (Phi) is 6.96. The molecule has 2 saturated heterocycles. The number of amides is 1. The molecule has 29 heavy (non-hydrogen) atoms. The van der Waals surface area contributed by atoms with Crippen LogP contribution in [0.4, 0.5) is 0 Å². The summed E-state index contributed by atoms with van der Waals surface area (Å²) in [5.74, 6) is 0.0427. The minimum Gasteiger partial charge on any atom is -0.337 e. The van der Waals surface area contributed by atoms with Crippen molar-refractivity contribution in [1.29, 1.82) is 0 Å². The minimum absolute atomic E-state index is 0. The summed E-state index contributed by atoms with van der Waals surface area (Å²) >= 11 is 0. The van der Waals surface area contributed by atoms with E-state index in [1.807, 2.05) is 16.5 Å². The summed E-state index contributed by atoms with van der Waals surface area (Å²) in [6, 6.07) is 11.0. The molecule has 1 aromatic carbocycles. The number of nitrogens with zero attached hydrogens (tertiary/aromatic N) is 4. The lowest BCUT2D eigenvalue weighted by molar-refractivity contribution is 0.0767. The number of carbonyl (C=O) groups excluding carboxylic acids is 1. The largest absolute Gasteiger partial charge is 0.337 e. The van der Waals surface area contributed by atoms with Gasteiger partial charge in [0, 0.05) is 13.1 Å². The molecule has 4 rings (SSSR count). The third kappa shape index (κ3) is 4.81. The molecule has 1 N–H and O–H groups in total. The maximum absolute atomic E-state index is 13.1. The summed E-state index contributed by atoms with van der Waals surface area (Å²) in [6.07, 6.45) is 5.29. The van der Waals surface area contributed by atoms with Crippen molar-refractivity contribution in [3.05, 3.63) is 47.3 Å². The lowest BCUT2D eigenvalue weighted by Gasteiger charge is -2.25. The van der Waals surface area contributed by atoms with Crippen molar-refractivity contribution in [2.75, 3.05) is 26.2 Å². The first kappa shape index (κ1) is 21.8. The van der Waals surface area contributed by atoms with Gasteiger partial charge < -0.3 is 10.2 Å². The topological polar surface area (TPSA) is 63.1 Å². The zero-order valence-corrected chi connectivity index (χ0v) is 18.2. The summed E-state index contributed by atoms with van der Waals surface area (Å²) in [4.78, 5) is 15.1. The van der Waals surface area contributed by atoms with E-state index in [-0.39, 0.29) is 23.7 Å². The number of aromatic nitrogens is 3. The molecule has 7 heteroatoms. The molecule has 0 aliphatic carbocycles. The van der Waals surface area contributed by atoms with Gasteiger partial charge in [-0.05, 0) is 63.1 Å². The Balaban J connectivity index is 0.00000240. The van der Waals surface area contributed by atoms with Crippen molar-refractivity contribution in [3.63, 3.8) is 0 Å². The van der Waals surface area contributed by atoms with Crippen LogP contribution in [0.5, 0.6) is 0 Å². The second-order valence-electron chi connectivity index (χ2n) is 8.72. The monoisotopic (exact) mass is 417 g/mol. The number of piperidine rings is 1. The molecular formula is C22H32ClN5O. The smallest absolute Gasteiger partial charge is 0.276 e. The highest BCUT2D eigenvalue weighted by molar-refractivity contribution is 5.93. The molecule has 0 bridgehead atoms. The first-order chi connectivity index (χ1) is 13.6. The van der Waals surface area contributed by atoms with Crippen molar-refractivity contribution in [3.8, 4) is 0 Å². The number of aryl methyl sites for hydroxylation is 1. The van der Waals surface area contributed by atoms with E-state index in [0.29, 0.717) is 11.7 Å². The molecule has 6 nitrogen and oxygen atoms in total. The predicted octanol–water partition coefficient (Wildman–Crippen LogP) is 3.42. The van der Waals surface area contributed by atoms with E-state index in [1.54, 1.807) is 0 Å². The van der Waals surface area contributed by atoms with E-state index in [4.69, 9.17) is 0 Å². The van der Waals surface area contributed by atoms with Gasteiger partial charge in [-0.25, -0.2) is 4.68 Å². The first-order valence-electron chi connectivity index (χ1n) is 10.5. The van der Waals surface area contributed by atoms with E-state index in [1.165, 1.54) is 5.56 Å². The van der Waals surface area contributed by atoms with E-state index in [9.17, 15) is 4.79 Å². The molecule has 1 amide bonds. The maximum Gasteiger partial charge on any atom is 0.276 e. The molecule has 3 heterocycles. The fraction of sp³-hybridized carbons (Fsp3) is 0.591. The molecular weight excluding hydrogens is 386 g/mol. The summed E-state index contributed by atoms with van der Waals surface area (Å²) in [5.41, 5.74) is 2.99. The van der Waals surface area contributed by atoms with E-state index in [2.05, 4.69) is 52.9 Å². The van der Waals surface area contributed by atoms with Crippen LogP contribution in [-0.2, 0) is 6.42 Å². The van der Waals surface area contributed by atoms with Gasteiger partial charge >= 0.3 is 0 Å². The second kappa shape index (κ2) is 9.26. The van der Waals surface area contributed by atoms with Gasteiger partial charge in [0.1, 0.15) is 0 Å². The number of rotatable bonds is 5. The molecule has 2 fully saturated rings. The van der Waals surface area contributed by atoms with E-state index < -0.39 is 0 Å². The van der Waals surface area contributed by atoms with Crippen LogP contribution >= 0.6 is 12.4 Å². The van der Waals surface area contributed by atoms with Gasteiger partial charge in [0.2, 0.25) is 0 Å². The zero-order valence-electron chi connectivity index (χ0n) is 17.4. The summed E-state index contributed by atoms with van der Waals surface area (Å²) in [7, 11) is 0. The first-order valence-corrected chi connectivity index (χ1v) is 10.5. The maximum atomic E-state index is 13.1. The van der Waals surface area contributed by atoms with Crippen LogP contribution in [0.15, 0.2) is 30.3 Å². The molecule has 2 aromatic rings. The van der Waals surface area contributed by atoms with Crippen LogP contribution in [0.3, 0.4) is 0 Å². The van der Waals surface area contributed by atoms with E-state index >= 15 is 0 Å². The third-order valence-electron chi connectivity index (χ3n) is 6.49. The molecule has 2 aliphatic rings. The number of carbonyl (C=O) groups is 1. The molecule has 0 radical (unpaired) electrons. The Morgan fingerprint density at radius 2 is 1.97 bits per heavy atom. The van der Waals surface area contributed by atoms with Crippen LogP contribution in [0.25, 0.3) is 0 Å². The molecule has 1 unspecified atom stereocenters. The van der Waals surface area contributed by atoms with Crippen molar-refractivity contribution < 1.29 is 4.79 Å². The average Bonchev–Trinajstić information content (AvgIpc) is 3.31. The van der Waals surface area contributed by atoms with Crippen LogP contribution in [0, 0.1) is 12.3 Å². The lowest BCUT2D eigenvalue weighted by atomic mass is 9.83. The summed E-state index contributed by atoms with van der Waals surface area (Å²) in [5, 5.41) is 12.0. The standard InChI is InChI=1S/C22H31N5O.ClH/c1-17-20(24-25-27(17)19-9-13-23-14-10-19)21(28)26-15-12-22(2,16-26)11-8-18-6-4-3-5-7-18;/h3-7,19,23H,8-16H2,1-2H3;1H. The molecule has 1 aromatic heterocycles. The van der Waals surface area contributed by atoms with Crippen LogP contribution in [0.1, 0.15) is 60.4 Å². The van der Waals surface area contributed by atoms with Gasteiger partial charge in [-0.15, -0.1) is 17.5 Å². The number of halogens is 1. The molecule has 1 atom stereocenters. The highest BCUT2D eigenvalue weighted by Gasteiger charge is 2.37. The van der Waals surface area contributed by atoms with Crippen molar-refractivity contribution in [2.24, 2.45) is 5.41 Å². The Morgan fingerprint density at radius 1 is 1.24 bits per heavy atom. The fourth-order valence-electron chi connectivity index (χ4n) is 4.58. The highest BCUT2D eigenvalue weighted by Crippen LogP contribution is 2.35. The number of hydrogen-bond donors (Lipinski definition) is 1. The number of likely N-dealkylation sites (tertiary alicyclic amines) is 1. The Labute approximate surface area is 179 Å². The van der Waals surface area contributed by atoms with Crippen LogP contribution in [0.2, 0.25) is 0 Å². The summed E-state index contributed by atoms with van der Waals surface area (Å²) < 4.78 is 1.97. The number of benzene rings is 1. The fourth-order valence-corrected chi connectivity index (χ4v) is 4.58. The lowest BCUT2D eigenvalue weighted by Crippen LogP contribution is -2.32. The van der Waals surface area contributed by atoms with Crippen LogP contribution in [-0.4, -0.2) is 52.0 Å². The summed E-state index contributed by atoms with van der Waals surface area (Å²) in [6.45, 7) is 7.91. The molecule has 158 valence electrons. The highest BCUT2D eigenvalue weighted by atomic mass is 35.5. The van der Waals surface area contributed by atoms with Gasteiger partial charge in [-0.2, -0.15) is 0 Å². The quantitative estimate of drug-likeness (QED) is 0.809. The van der Waals surface area contributed by atoms with Crippen molar-refractivity contribution in [2.45, 2.75) is 52.0 Å². The van der Waals surface area contributed by atoms with Gasteiger partial charge in [0.25, 0.3) is 5.91 Å². The van der Waals surface area contributed by atoms with Gasteiger partial charge in [-0.3, -0.25) is 4.79 Å². The Hall–Kier alpha value is -1.92. The van der Waals surface area contributed by atoms with Crippen molar-refractivity contribution in [1.82, 2.24) is 25.2 Å². The van der Waals surface area contributed by atoms with Crippen molar-refractivity contribution >= 4 is 18.3 Å². The number of nitrogens with one attached hydrogen (secondary N) is 1. The third-order valence-corrected chi connectivity index (χ3v) is 6.49. The molecule has 0 saturated carbocycles. The SMILES string of the molecule is Cc1c(C(=O)N2CCC(C)(CCc3ccccc3)C2)nnn1C1CCNCC1.Cl. The molecule has 0 spiro atoms.